The molecule has 3 heterocycles. The highest BCUT2D eigenvalue weighted by Crippen LogP contribution is 2.41. The van der Waals surface area contributed by atoms with Crippen LogP contribution in [0.15, 0.2) is 40.9 Å². The zero-order chi connectivity index (χ0) is 26.6. The van der Waals surface area contributed by atoms with Gasteiger partial charge < -0.3 is 14.9 Å². The third kappa shape index (κ3) is 6.12. The molecule has 0 radical (unpaired) electrons. The van der Waals surface area contributed by atoms with Gasteiger partial charge in [0.25, 0.3) is 5.92 Å². The van der Waals surface area contributed by atoms with E-state index in [0.717, 1.165) is 17.3 Å². The fraction of sp³-hybridized carbons (Fsp3) is 0.481. The molecule has 1 saturated heterocycles. The van der Waals surface area contributed by atoms with Gasteiger partial charge in [-0.05, 0) is 25.0 Å². The second-order valence-electron chi connectivity index (χ2n) is 9.46. The molecule has 8 nitrogen and oxygen atoms in total. The van der Waals surface area contributed by atoms with Crippen molar-refractivity contribution in [1.82, 2.24) is 14.9 Å². The maximum Gasteiger partial charge on any atom is 0.262 e. The number of halogens is 2. The molecule has 4 rings (SSSR count). The summed E-state index contributed by atoms with van der Waals surface area (Å²) in [5.41, 5.74) is 6.84. The Morgan fingerprint density at radius 3 is 2.78 bits per heavy atom. The van der Waals surface area contributed by atoms with Crippen LogP contribution < -0.4 is 10.5 Å². The predicted molar refractivity (Wildman–Crippen MR) is 134 cm³/mol. The summed E-state index contributed by atoms with van der Waals surface area (Å²) in [7, 11) is 1.51. The van der Waals surface area contributed by atoms with Crippen molar-refractivity contribution in [2.45, 2.75) is 69.9 Å². The Bertz CT molecular complexity index is 1260. The van der Waals surface area contributed by atoms with Crippen LogP contribution in [0.1, 0.15) is 63.8 Å². The van der Waals surface area contributed by atoms with Crippen molar-refractivity contribution in [3.63, 3.8) is 0 Å². The van der Waals surface area contributed by atoms with Gasteiger partial charge >= 0.3 is 0 Å². The van der Waals surface area contributed by atoms with E-state index in [1.54, 1.807) is 0 Å². The highest BCUT2D eigenvalue weighted by Gasteiger charge is 2.50. The number of oxazole rings is 1. The van der Waals surface area contributed by atoms with Gasteiger partial charge in [0.2, 0.25) is 17.7 Å². The van der Waals surface area contributed by atoms with Crippen LogP contribution in [0.3, 0.4) is 0 Å². The van der Waals surface area contributed by atoms with Crippen LogP contribution in [0.5, 0.6) is 5.88 Å². The molecule has 0 aliphatic carbocycles. The molecule has 1 fully saturated rings. The number of rotatable bonds is 12. The van der Waals surface area contributed by atoms with E-state index in [-0.39, 0.29) is 11.7 Å². The van der Waals surface area contributed by atoms with Crippen LogP contribution >= 0.6 is 0 Å². The first kappa shape index (κ1) is 26.7. The van der Waals surface area contributed by atoms with Crippen molar-refractivity contribution >= 4 is 22.6 Å². The summed E-state index contributed by atoms with van der Waals surface area (Å²) < 4.78 is 40.4. The molecule has 37 heavy (non-hydrogen) atoms. The fourth-order valence-corrected chi connectivity index (χ4v) is 4.87. The molecule has 2 atom stereocenters. The van der Waals surface area contributed by atoms with E-state index in [9.17, 15) is 18.4 Å². The van der Waals surface area contributed by atoms with E-state index in [1.807, 2.05) is 37.3 Å². The first-order valence-corrected chi connectivity index (χ1v) is 12.6. The molecule has 0 unspecified atom stereocenters. The van der Waals surface area contributed by atoms with Gasteiger partial charge in [-0.1, -0.05) is 38.0 Å². The number of Topliss-reactive ketones (excluding diaryl/α,β-unsaturated/α-hetero) is 1. The molecule has 3 aromatic rings. The number of fused-ring (bicyclic) bond motifs is 1. The number of likely N-dealkylation sites (tertiary alicyclic amines) is 1. The normalized spacial score (nSPS) is 18.2. The van der Waals surface area contributed by atoms with Crippen molar-refractivity contribution in [3.05, 3.63) is 42.4 Å². The highest BCUT2D eigenvalue weighted by atomic mass is 19.3. The number of para-hydroxylation sites is 1. The van der Waals surface area contributed by atoms with E-state index >= 15 is 0 Å². The van der Waals surface area contributed by atoms with Gasteiger partial charge in [-0.3, -0.25) is 14.5 Å². The summed E-state index contributed by atoms with van der Waals surface area (Å²) >= 11 is 0. The molecule has 10 heteroatoms. The van der Waals surface area contributed by atoms with Crippen LogP contribution in [0.2, 0.25) is 0 Å². The maximum absolute atomic E-state index is 14.4. The summed E-state index contributed by atoms with van der Waals surface area (Å²) in [6, 6.07) is 7.63. The van der Waals surface area contributed by atoms with Crippen molar-refractivity contribution in [3.8, 4) is 17.2 Å². The molecule has 0 saturated carbocycles. The third-order valence-corrected chi connectivity index (χ3v) is 6.82. The third-order valence-electron chi connectivity index (χ3n) is 6.82. The number of nitrogens with zero attached hydrogens (tertiary/aromatic N) is 3. The lowest BCUT2D eigenvalue weighted by Crippen LogP contribution is -2.42. The molecule has 2 aromatic heterocycles. The van der Waals surface area contributed by atoms with Gasteiger partial charge in [0.15, 0.2) is 5.76 Å². The van der Waals surface area contributed by atoms with E-state index in [1.165, 1.54) is 18.2 Å². The minimum absolute atomic E-state index is 0.194. The van der Waals surface area contributed by atoms with Gasteiger partial charge in [-0.15, -0.1) is 0 Å². The molecule has 198 valence electrons. The molecule has 1 amide bonds. The smallest absolute Gasteiger partial charge is 0.262 e. The molecule has 0 spiro atoms. The van der Waals surface area contributed by atoms with Gasteiger partial charge in [-0.2, -0.15) is 0 Å². The topological polar surface area (TPSA) is 112 Å². The van der Waals surface area contributed by atoms with Crippen LogP contribution in [0, 0.1) is 0 Å². The first-order valence-electron chi connectivity index (χ1n) is 12.6. The molecule has 1 aromatic carbocycles. The number of ketones is 1. The molecular formula is C27H32F2N4O4. The van der Waals surface area contributed by atoms with Crippen molar-refractivity contribution in [2.75, 3.05) is 13.7 Å². The second-order valence-corrected chi connectivity index (χ2v) is 9.46. The number of unbranched alkanes of at least 4 members (excludes halogenated alkanes) is 2. The lowest BCUT2D eigenvalue weighted by atomic mass is 10.0. The number of aromatic nitrogens is 2. The first-order chi connectivity index (χ1) is 17.7. The van der Waals surface area contributed by atoms with E-state index < -0.39 is 36.9 Å². The van der Waals surface area contributed by atoms with E-state index in [2.05, 4.69) is 9.97 Å². The number of carbonyl (C=O) groups is 2. The number of nitrogens with two attached hydrogens (primary N) is 1. The van der Waals surface area contributed by atoms with Crippen LogP contribution in [0.4, 0.5) is 8.78 Å². The zero-order valence-corrected chi connectivity index (χ0v) is 21.1. The van der Waals surface area contributed by atoms with Gasteiger partial charge in [0, 0.05) is 24.6 Å². The lowest BCUT2D eigenvalue weighted by Gasteiger charge is -2.29. The number of hydrogen-bond acceptors (Lipinski definition) is 7. The van der Waals surface area contributed by atoms with Crippen LogP contribution in [-0.4, -0.2) is 52.2 Å². The summed E-state index contributed by atoms with van der Waals surface area (Å²) in [5.74, 6) is -2.71. The van der Waals surface area contributed by atoms with E-state index in [4.69, 9.17) is 14.9 Å². The summed E-state index contributed by atoms with van der Waals surface area (Å²) in [6.07, 6.45) is 4.39. The van der Waals surface area contributed by atoms with Crippen molar-refractivity contribution < 1.29 is 27.5 Å². The van der Waals surface area contributed by atoms with Crippen LogP contribution in [0.25, 0.3) is 22.2 Å². The Kier molecular flexibility index (Phi) is 8.16. The van der Waals surface area contributed by atoms with Gasteiger partial charge in [0.1, 0.15) is 5.78 Å². The standard InChI is InChI=1S/C27H32F2N4O4/c1-3-18(34)10-5-4-6-12-21(33-16-27(28,29)14-22(33)24(30)35)26-31-15-23(37-26)19-13-17-9-7-8-11-20(17)32-25(19)36-2/h7-9,11,13,15,21-22H,3-6,10,12,14,16H2,1-2H3,(H2,30,35)/t21-,22-/m0/s1. The quantitative estimate of drug-likeness (QED) is 0.336. The Labute approximate surface area is 214 Å². The Morgan fingerprint density at radius 1 is 1.27 bits per heavy atom. The largest absolute Gasteiger partial charge is 0.480 e. The highest BCUT2D eigenvalue weighted by molar-refractivity contribution is 5.85. The number of methoxy groups -OCH3 is 1. The number of ether oxygens (including phenoxy) is 1. The minimum atomic E-state index is -3.05. The Hall–Kier alpha value is -3.40. The van der Waals surface area contributed by atoms with Gasteiger partial charge in [-0.25, -0.2) is 18.7 Å². The maximum atomic E-state index is 14.4. The number of benzene rings is 1. The SMILES string of the molecule is CCC(=O)CCCCC[C@@H](c1ncc(-c2cc3ccccc3nc2OC)o1)N1CC(F)(F)C[C@H]1C(N)=O. The fourth-order valence-electron chi connectivity index (χ4n) is 4.87. The monoisotopic (exact) mass is 514 g/mol. The lowest BCUT2D eigenvalue weighted by molar-refractivity contribution is -0.123. The molecule has 1 aliphatic rings. The van der Waals surface area contributed by atoms with Crippen molar-refractivity contribution in [2.24, 2.45) is 5.73 Å². The number of alkyl halides is 2. The summed E-state index contributed by atoms with van der Waals surface area (Å²) in [6.45, 7) is 1.22. The Balaban J connectivity index is 1.63. The molecule has 0 bridgehead atoms. The molecular weight excluding hydrogens is 482 g/mol. The molecule has 1 aliphatic heterocycles. The number of hydrogen-bond donors (Lipinski definition) is 1. The zero-order valence-electron chi connectivity index (χ0n) is 21.1. The summed E-state index contributed by atoms with van der Waals surface area (Å²) in [4.78, 5) is 34.1. The number of pyridine rings is 1. The average molecular weight is 515 g/mol. The average Bonchev–Trinajstić information content (AvgIpc) is 3.49. The minimum Gasteiger partial charge on any atom is -0.480 e. The molecule has 2 N–H and O–H groups in total. The van der Waals surface area contributed by atoms with Crippen LogP contribution in [-0.2, 0) is 9.59 Å². The number of carbonyl (C=O) groups excluding carboxylic acids is 2. The number of amides is 1. The second kappa shape index (κ2) is 11.3. The summed E-state index contributed by atoms with van der Waals surface area (Å²) in [5, 5.41) is 0.877. The van der Waals surface area contributed by atoms with Crippen molar-refractivity contribution in [1.29, 1.82) is 0 Å². The van der Waals surface area contributed by atoms with E-state index in [0.29, 0.717) is 49.3 Å². The predicted octanol–water partition coefficient (Wildman–Crippen LogP) is 5.06. The number of primary amides is 1. The Morgan fingerprint density at radius 2 is 2.05 bits per heavy atom. The van der Waals surface area contributed by atoms with Gasteiger partial charge in [0.05, 0.1) is 43.0 Å².